The van der Waals surface area contributed by atoms with E-state index in [1.54, 1.807) is 12.4 Å². The number of H-pyrrole nitrogens is 1. The van der Waals surface area contributed by atoms with Gasteiger partial charge in [-0.3, -0.25) is 4.79 Å². The van der Waals surface area contributed by atoms with E-state index in [4.69, 9.17) is 0 Å². The molecule has 0 spiro atoms. The lowest BCUT2D eigenvalue weighted by Gasteiger charge is -2.26. The maximum Gasteiger partial charge on any atom is 0.290 e. The highest BCUT2D eigenvalue weighted by molar-refractivity contribution is 5.40. The van der Waals surface area contributed by atoms with Crippen molar-refractivity contribution >= 4 is 5.82 Å². The van der Waals surface area contributed by atoms with Crippen LogP contribution in [0, 0.1) is 0 Å². The van der Waals surface area contributed by atoms with Gasteiger partial charge in [-0.2, -0.15) is 0 Å². The molecule has 0 bridgehead atoms. The van der Waals surface area contributed by atoms with Crippen molar-refractivity contribution in [2.24, 2.45) is 0 Å². The van der Waals surface area contributed by atoms with Crippen LogP contribution in [0.5, 0.6) is 0 Å². The second-order valence-corrected chi connectivity index (χ2v) is 4.55. The second-order valence-electron chi connectivity index (χ2n) is 4.55. The first-order valence-corrected chi connectivity index (χ1v) is 6.22. The standard InChI is InChI=1S/C14H15N3O/c18-14-13(15-8-9-16-14)17-12-7-3-5-10-4-1-2-6-11(10)12/h1-2,4,6,8-9,12H,3,5,7H2,(H,15,17)(H,16,18)/t12-/m1/s1. The van der Waals surface area contributed by atoms with Crippen LogP contribution in [0.1, 0.15) is 30.0 Å². The molecular formula is C14H15N3O. The maximum atomic E-state index is 11.6. The van der Waals surface area contributed by atoms with Gasteiger partial charge >= 0.3 is 0 Å². The summed E-state index contributed by atoms with van der Waals surface area (Å²) >= 11 is 0. The fourth-order valence-electron chi connectivity index (χ4n) is 2.52. The number of nitrogens with zero attached hydrogens (tertiary/aromatic N) is 1. The lowest BCUT2D eigenvalue weighted by Crippen LogP contribution is -2.22. The average molecular weight is 241 g/mol. The van der Waals surface area contributed by atoms with Crippen LogP contribution in [0.15, 0.2) is 41.5 Å². The lowest BCUT2D eigenvalue weighted by atomic mass is 9.88. The third-order valence-corrected chi connectivity index (χ3v) is 3.39. The van der Waals surface area contributed by atoms with E-state index in [2.05, 4.69) is 33.5 Å². The fourth-order valence-corrected chi connectivity index (χ4v) is 2.52. The summed E-state index contributed by atoms with van der Waals surface area (Å²) < 4.78 is 0. The van der Waals surface area contributed by atoms with Crippen molar-refractivity contribution in [3.63, 3.8) is 0 Å². The Bertz CT molecular complexity index is 606. The minimum Gasteiger partial charge on any atom is -0.359 e. The predicted octanol–water partition coefficient (Wildman–Crippen LogP) is 2.26. The summed E-state index contributed by atoms with van der Waals surface area (Å²) in [5, 5.41) is 3.25. The Labute approximate surface area is 105 Å². The number of aromatic nitrogens is 2. The third kappa shape index (κ3) is 2.01. The van der Waals surface area contributed by atoms with Crippen molar-refractivity contribution < 1.29 is 0 Å². The summed E-state index contributed by atoms with van der Waals surface area (Å²) in [6.07, 6.45) is 6.43. The molecule has 0 fully saturated rings. The summed E-state index contributed by atoms with van der Waals surface area (Å²) in [5.41, 5.74) is 2.49. The van der Waals surface area contributed by atoms with Crippen LogP contribution >= 0.6 is 0 Å². The van der Waals surface area contributed by atoms with Crippen LogP contribution in [0.4, 0.5) is 5.82 Å². The molecule has 18 heavy (non-hydrogen) atoms. The van der Waals surface area contributed by atoms with Crippen LogP contribution in [0.3, 0.4) is 0 Å². The van der Waals surface area contributed by atoms with E-state index in [0.29, 0.717) is 5.82 Å². The molecule has 1 aliphatic rings. The highest BCUT2D eigenvalue weighted by atomic mass is 16.1. The molecule has 2 N–H and O–H groups in total. The van der Waals surface area contributed by atoms with Crippen molar-refractivity contribution in [3.05, 3.63) is 58.1 Å². The SMILES string of the molecule is O=c1[nH]ccnc1N[C@@H]1CCCc2ccccc21. The number of anilines is 1. The Balaban J connectivity index is 1.91. The van der Waals surface area contributed by atoms with Gasteiger partial charge < -0.3 is 10.3 Å². The maximum absolute atomic E-state index is 11.6. The molecule has 92 valence electrons. The Morgan fingerprint density at radius 3 is 3.11 bits per heavy atom. The van der Waals surface area contributed by atoms with E-state index in [1.807, 2.05) is 6.07 Å². The van der Waals surface area contributed by atoms with E-state index >= 15 is 0 Å². The number of rotatable bonds is 2. The molecule has 0 amide bonds. The van der Waals surface area contributed by atoms with Crippen LogP contribution in [0.2, 0.25) is 0 Å². The zero-order valence-corrected chi connectivity index (χ0v) is 10.0. The highest BCUT2D eigenvalue weighted by Gasteiger charge is 2.20. The number of aryl methyl sites for hydroxylation is 1. The van der Waals surface area contributed by atoms with Crippen molar-refractivity contribution in [1.29, 1.82) is 0 Å². The zero-order chi connectivity index (χ0) is 12.4. The summed E-state index contributed by atoms with van der Waals surface area (Å²) in [6, 6.07) is 8.58. The molecule has 0 aliphatic heterocycles. The molecule has 3 rings (SSSR count). The minimum absolute atomic E-state index is 0.166. The molecule has 1 aliphatic carbocycles. The molecule has 4 nitrogen and oxygen atoms in total. The number of fused-ring (bicyclic) bond motifs is 1. The first-order valence-electron chi connectivity index (χ1n) is 6.22. The van der Waals surface area contributed by atoms with Gasteiger partial charge in [0, 0.05) is 12.4 Å². The summed E-state index contributed by atoms with van der Waals surface area (Å²) in [4.78, 5) is 18.3. The van der Waals surface area contributed by atoms with E-state index in [0.717, 1.165) is 19.3 Å². The average Bonchev–Trinajstić information content (AvgIpc) is 2.42. The van der Waals surface area contributed by atoms with E-state index < -0.39 is 0 Å². The Hall–Kier alpha value is -2.10. The van der Waals surface area contributed by atoms with Gasteiger partial charge in [0.1, 0.15) is 0 Å². The highest BCUT2D eigenvalue weighted by Crippen LogP contribution is 2.31. The topological polar surface area (TPSA) is 57.8 Å². The monoisotopic (exact) mass is 241 g/mol. The van der Waals surface area contributed by atoms with Gasteiger partial charge in [0.15, 0.2) is 5.82 Å². The van der Waals surface area contributed by atoms with Crippen LogP contribution in [-0.4, -0.2) is 9.97 Å². The number of aromatic amines is 1. The zero-order valence-electron chi connectivity index (χ0n) is 10.0. The molecule has 1 heterocycles. The molecule has 4 heteroatoms. The van der Waals surface area contributed by atoms with E-state index in [1.165, 1.54) is 11.1 Å². The van der Waals surface area contributed by atoms with Crippen molar-refractivity contribution in [2.75, 3.05) is 5.32 Å². The quantitative estimate of drug-likeness (QED) is 0.848. The first-order chi connectivity index (χ1) is 8.84. The largest absolute Gasteiger partial charge is 0.359 e. The Morgan fingerprint density at radius 2 is 2.22 bits per heavy atom. The number of hydrogen-bond acceptors (Lipinski definition) is 3. The van der Waals surface area contributed by atoms with Gasteiger partial charge in [-0.15, -0.1) is 0 Å². The molecule has 1 aromatic heterocycles. The van der Waals surface area contributed by atoms with Crippen molar-refractivity contribution in [1.82, 2.24) is 9.97 Å². The fraction of sp³-hybridized carbons (Fsp3) is 0.286. The molecule has 0 unspecified atom stereocenters. The van der Waals surface area contributed by atoms with Gasteiger partial charge in [-0.25, -0.2) is 4.98 Å². The molecule has 0 saturated carbocycles. The van der Waals surface area contributed by atoms with E-state index in [-0.39, 0.29) is 11.6 Å². The summed E-state index contributed by atoms with van der Waals surface area (Å²) in [6.45, 7) is 0. The first kappa shape index (κ1) is 11.0. The molecule has 1 atom stereocenters. The molecular weight excluding hydrogens is 226 g/mol. The van der Waals surface area contributed by atoms with Crippen LogP contribution in [0.25, 0.3) is 0 Å². The van der Waals surface area contributed by atoms with E-state index in [9.17, 15) is 4.79 Å². The smallest absolute Gasteiger partial charge is 0.290 e. The van der Waals surface area contributed by atoms with Gasteiger partial charge in [-0.1, -0.05) is 24.3 Å². The van der Waals surface area contributed by atoms with Gasteiger partial charge in [0.25, 0.3) is 5.56 Å². The van der Waals surface area contributed by atoms with Gasteiger partial charge in [0.2, 0.25) is 0 Å². The molecule has 2 aromatic rings. The normalized spacial score (nSPS) is 18.1. The number of benzene rings is 1. The van der Waals surface area contributed by atoms with Gasteiger partial charge in [-0.05, 0) is 30.4 Å². The summed E-state index contributed by atoms with van der Waals surface area (Å²) in [5.74, 6) is 0.402. The van der Waals surface area contributed by atoms with Crippen molar-refractivity contribution in [3.8, 4) is 0 Å². The lowest BCUT2D eigenvalue weighted by molar-refractivity contribution is 0.597. The molecule has 0 radical (unpaired) electrons. The van der Waals surface area contributed by atoms with Crippen molar-refractivity contribution in [2.45, 2.75) is 25.3 Å². The Morgan fingerprint density at radius 1 is 1.33 bits per heavy atom. The molecule has 0 saturated heterocycles. The number of nitrogens with one attached hydrogen (secondary N) is 2. The Kier molecular flexibility index (Phi) is 2.84. The van der Waals surface area contributed by atoms with Gasteiger partial charge in [0.05, 0.1) is 6.04 Å². The minimum atomic E-state index is -0.166. The van der Waals surface area contributed by atoms with Crippen LogP contribution in [-0.2, 0) is 6.42 Å². The number of hydrogen-bond donors (Lipinski definition) is 2. The second kappa shape index (κ2) is 4.64. The third-order valence-electron chi connectivity index (χ3n) is 3.39. The van der Waals surface area contributed by atoms with Crippen LogP contribution < -0.4 is 10.9 Å². The summed E-state index contributed by atoms with van der Waals surface area (Å²) in [7, 11) is 0. The predicted molar refractivity (Wildman–Crippen MR) is 70.6 cm³/mol. The molecule has 1 aromatic carbocycles.